The molecule has 1 unspecified atom stereocenters. The Morgan fingerprint density at radius 3 is 2.24 bits per heavy atom. The summed E-state index contributed by atoms with van der Waals surface area (Å²) in [5.74, 6) is 0.895. The van der Waals surface area contributed by atoms with Crippen molar-refractivity contribution in [1.29, 1.82) is 0 Å². The number of thiophene rings is 1. The summed E-state index contributed by atoms with van der Waals surface area (Å²) in [5, 5.41) is 0. The molecule has 1 aromatic carbocycles. The molecule has 0 spiro atoms. The summed E-state index contributed by atoms with van der Waals surface area (Å²) < 4.78 is 20.6. The van der Waals surface area contributed by atoms with Crippen molar-refractivity contribution >= 4 is 19.2 Å². The third-order valence-corrected chi connectivity index (χ3v) is 6.44. The van der Waals surface area contributed by atoms with Crippen LogP contribution in [0.15, 0.2) is 36.4 Å². The van der Waals surface area contributed by atoms with Crippen LogP contribution < -0.4 is 10.5 Å². The first-order valence-corrected chi connectivity index (χ1v) is 12.2. The zero-order chi connectivity index (χ0) is 21.3. The van der Waals surface area contributed by atoms with Crippen LogP contribution in [0.1, 0.15) is 47.9 Å². The first-order valence-electron chi connectivity index (χ1n) is 9.86. The predicted molar refractivity (Wildman–Crippen MR) is 117 cm³/mol. The number of nitrogens with two attached hydrogens (primary N) is 1. The van der Waals surface area contributed by atoms with Crippen LogP contribution in [-0.4, -0.2) is 29.0 Å². The van der Waals surface area contributed by atoms with Gasteiger partial charge in [0.15, 0.2) is 0 Å². The van der Waals surface area contributed by atoms with E-state index in [9.17, 15) is 4.57 Å². The highest BCUT2D eigenvalue weighted by Gasteiger charge is 2.24. The van der Waals surface area contributed by atoms with Gasteiger partial charge in [0, 0.05) is 15.3 Å². The highest BCUT2D eigenvalue weighted by Crippen LogP contribution is 2.37. The van der Waals surface area contributed by atoms with Crippen molar-refractivity contribution in [3.05, 3.63) is 51.7 Å². The fraction of sp³-hybridized carbons (Fsp3) is 0.524. The molecule has 0 aliphatic carbocycles. The minimum atomic E-state index is -4.48. The van der Waals surface area contributed by atoms with Gasteiger partial charge >= 0.3 is 7.82 Å². The van der Waals surface area contributed by atoms with Gasteiger partial charge in [-0.2, -0.15) is 0 Å². The van der Waals surface area contributed by atoms with E-state index in [-0.39, 0.29) is 6.61 Å². The van der Waals surface area contributed by atoms with E-state index in [0.29, 0.717) is 6.42 Å². The van der Waals surface area contributed by atoms with Crippen LogP contribution in [0.4, 0.5) is 0 Å². The normalized spacial score (nSPS) is 14.0. The Morgan fingerprint density at radius 2 is 1.62 bits per heavy atom. The van der Waals surface area contributed by atoms with E-state index in [0.717, 1.165) is 25.0 Å². The van der Waals surface area contributed by atoms with Crippen molar-refractivity contribution in [2.75, 3.05) is 13.7 Å². The Kier molecular flexibility index (Phi) is 9.34. The van der Waals surface area contributed by atoms with Gasteiger partial charge in [-0.25, -0.2) is 4.57 Å². The maximum absolute atomic E-state index is 10.8. The number of methoxy groups -OCH3 is 1. The van der Waals surface area contributed by atoms with Crippen molar-refractivity contribution in [2.45, 2.75) is 57.4 Å². The standard InChI is InChI=1S/C21H32NO5PS/c1-21(22,16-27-28(23,24)25)15-14-20-13-12-19(29-20)7-5-3-4-6-17-8-10-18(26-2)11-9-17/h8-13H,3-7,14-16,22H2,1-2H3,(H2,23,24,25). The smallest absolute Gasteiger partial charge is 0.469 e. The topological polar surface area (TPSA) is 102 Å². The fourth-order valence-electron chi connectivity index (χ4n) is 3.00. The Labute approximate surface area is 177 Å². The van der Waals surface area contributed by atoms with Crippen LogP contribution in [0.2, 0.25) is 0 Å². The molecule has 29 heavy (non-hydrogen) atoms. The summed E-state index contributed by atoms with van der Waals surface area (Å²) in [5.41, 5.74) is 6.66. The fourth-order valence-corrected chi connectivity index (χ4v) is 4.52. The third-order valence-electron chi connectivity index (χ3n) is 4.77. The SMILES string of the molecule is COc1ccc(CCCCCc2ccc(CCC(C)(N)COP(=O)(O)O)s2)cc1. The molecule has 0 radical (unpaired) electrons. The number of unbranched alkanes of at least 4 members (excludes halogenated alkanes) is 2. The summed E-state index contributed by atoms with van der Waals surface area (Å²) in [6.45, 7) is 1.59. The van der Waals surface area contributed by atoms with Gasteiger partial charge in [-0.05, 0) is 75.3 Å². The van der Waals surface area contributed by atoms with E-state index >= 15 is 0 Å². The predicted octanol–water partition coefficient (Wildman–Crippen LogP) is 4.47. The van der Waals surface area contributed by atoms with Gasteiger partial charge in [0.1, 0.15) is 5.75 Å². The summed E-state index contributed by atoms with van der Waals surface area (Å²) in [7, 11) is -2.80. The molecule has 162 valence electrons. The monoisotopic (exact) mass is 441 g/mol. The molecular formula is C21H32NO5PS. The van der Waals surface area contributed by atoms with Gasteiger partial charge in [-0.1, -0.05) is 18.6 Å². The molecule has 4 N–H and O–H groups in total. The van der Waals surface area contributed by atoms with Gasteiger partial charge in [-0.3, -0.25) is 4.52 Å². The summed E-state index contributed by atoms with van der Waals surface area (Å²) in [4.78, 5) is 20.2. The van der Waals surface area contributed by atoms with Crippen molar-refractivity contribution < 1.29 is 23.6 Å². The van der Waals surface area contributed by atoms with E-state index in [2.05, 4.69) is 28.8 Å². The van der Waals surface area contributed by atoms with E-state index in [1.165, 1.54) is 34.6 Å². The van der Waals surface area contributed by atoms with E-state index in [4.69, 9.17) is 20.3 Å². The van der Waals surface area contributed by atoms with Crippen LogP contribution in [0, 0.1) is 0 Å². The molecule has 8 heteroatoms. The molecular weight excluding hydrogens is 409 g/mol. The first-order chi connectivity index (χ1) is 13.7. The largest absolute Gasteiger partial charge is 0.497 e. The second-order valence-corrected chi connectivity index (χ2v) is 10.2. The van der Waals surface area contributed by atoms with Crippen molar-refractivity contribution in [3.63, 3.8) is 0 Å². The minimum Gasteiger partial charge on any atom is -0.497 e. The number of phosphoric acid groups is 1. The lowest BCUT2D eigenvalue weighted by Gasteiger charge is -2.24. The third kappa shape index (κ3) is 9.90. The lowest BCUT2D eigenvalue weighted by molar-refractivity contribution is 0.154. The number of benzene rings is 1. The number of phosphoric ester groups is 1. The van der Waals surface area contributed by atoms with Crippen molar-refractivity contribution in [1.82, 2.24) is 0 Å². The van der Waals surface area contributed by atoms with Gasteiger partial charge in [0.25, 0.3) is 0 Å². The molecule has 6 nitrogen and oxygen atoms in total. The lowest BCUT2D eigenvalue weighted by Crippen LogP contribution is -2.41. The molecule has 0 saturated heterocycles. The second kappa shape index (κ2) is 11.3. The number of ether oxygens (including phenoxy) is 1. The quantitative estimate of drug-likeness (QED) is 0.313. The Hall–Kier alpha value is -1.21. The molecule has 1 atom stereocenters. The van der Waals surface area contributed by atoms with Crippen LogP contribution in [0.25, 0.3) is 0 Å². The summed E-state index contributed by atoms with van der Waals surface area (Å²) >= 11 is 1.79. The Morgan fingerprint density at radius 1 is 1.00 bits per heavy atom. The van der Waals surface area contributed by atoms with E-state index < -0.39 is 13.4 Å². The number of rotatable bonds is 13. The average Bonchev–Trinajstić information content (AvgIpc) is 3.13. The molecule has 1 heterocycles. The second-order valence-electron chi connectivity index (χ2n) is 7.69. The lowest BCUT2D eigenvalue weighted by atomic mass is 9.98. The van der Waals surface area contributed by atoms with Gasteiger partial charge in [0.2, 0.25) is 0 Å². The van der Waals surface area contributed by atoms with Crippen molar-refractivity contribution in [2.24, 2.45) is 5.73 Å². The molecule has 0 fully saturated rings. The highest BCUT2D eigenvalue weighted by atomic mass is 32.1. The molecule has 0 saturated carbocycles. The summed E-state index contributed by atoms with van der Waals surface area (Å²) in [6.07, 6.45) is 7.09. The van der Waals surface area contributed by atoms with E-state index in [1.807, 2.05) is 12.1 Å². The zero-order valence-electron chi connectivity index (χ0n) is 17.2. The molecule has 0 aliphatic rings. The zero-order valence-corrected chi connectivity index (χ0v) is 18.9. The van der Waals surface area contributed by atoms with Crippen LogP contribution in [-0.2, 0) is 28.4 Å². The molecule has 0 bridgehead atoms. The number of hydrogen-bond donors (Lipinski definition) is 3. The molecule has 2 aromatic rings. The molecule has 0 amide bonds. The Balaban J connectivity index is 1.64. The first kappa shape index (κ1) is 24.1. The van der Waals surface area contributed by atoms with Crippen LogP contribution >= 0.6 is 19.2 Å². The maximum Gasteiger partial charge on any atom is 0.469 e. The summed E-state index contributed by atoms with van der Waals surface area (Å²) in [6, 6.07) is 12.6. The van der Waals surface area contributed by atoms with Crippen LogP contribution in [0.5, 0.6) is 5.75 Å². The molecule has 2 rings (SSSR count). The minimum absolute atomic E-state index is 0.163. The van der Waals surface area contributed by atoms with E-state index in [1.54, 1.807) is 25.4 Å². The maximum atomic E-state index is 10.8. The Bertz CT molecular complexity index is 785. The average molecular weight is 442 g/mol. The molecule has 0 aliphatic heterocycles. The molecule has 1 aromatic heterocycles. The highest BCUT2D eigenvalue weighted by molar-refractivity contribution is 7.46. The van der Waals surface area contributed by atoms with Crippen molar-refractivity contribution in [3.8, 4) is 5.75 Å². The van der Waals surface area contributed by atoms with Gasteiger partial charge < -0.3 is 20.3 Å². The number of aryl methyl sites for hydroxylation is 3. The van der Waals surface area contributed by atoms with Crippen LogP contribution in [0.3, 0.4) is 0 Å². The van der Waals surface area contributed by atoms with Gasteiger partial charge in [-0.15, -0.1) is 11.3 Å². The van der Waals surface area contributed by atoms with Gasteiger partial charge in [0.05, 0.1) is 13.7 Å². The number of hydrogen-bond acceptors (Lipinski definition) is 5.